The summed E-state index contributed by atoms with van der Waals surface area (Å²) in [7, 11) is 1.65. The third-order valence-corrected chi connectivity index (χ3v) is 10.1. The second-order valence-corrected chi connectivity index (χ2v) is 12.8. The van der Waals surface area contributed by atoms with E-state index in [1.807, 2.05) is 12.1 Å². The van der Waals surface area contributed by atoms with Crippen LogP contribution in [0.25, 0.3) is 6.08 Å². The van der Waals surface area contributed by atoms with Crippen molar-refractivity contribution in [2.45, 2.75) is 76.0 Å². The highest BCUT2D eigenvalue weighted by Gasteiger charge is 2.67. The molecule has 3 heterocycles. The Bertz CT molecular complexity index is 1280. The number of ether oxygens (including phenoxy) is 2. The Balaban J connectivity index is 1.30. The predicted octanol–water partition coefficient (Wildman–Crippen LogP) is 5.01. The first kappa shape index (κ1) is 25.1. The van der Waals surface area contributed by atoms with Gasteiger partial charge in [-0.15, -0.1) is 0 Å². The van der Waals surface area contributed by atoms with Crippen LogP contribution < -0.4 is 9.47 Å². The van der Waals surface area contributed by atoms with Gasteiger partial charge in [0.25, 0.3) is 0 Å². The van der Waals surface area contributed by atoms with Gasteiger partial charge in [0.1, 0.15) is 11.9 Å². The van der Waals surface area contributed by atoms with E-state index < -0.39 is 0 Å². The number of furan rings is 1. The molecule has 1 aromatic heterocycles. The second-order valence-electron chi connectivity index (χ2n) is 12.8. The highest BCUT2D eigenvalue weighted by Crippen LogP contribution is 2.65. The van der Waals surface area contributed by atoms with Crippen LogP contribution in [0.3, 0.4) is 0 Å². The fraction of sp³-hybridized carbons (Fsp3) is 0.594. The Morgan fingerprint density at radius 1 is 1.31 bits per heavy atom. The summed E-state index contributed by atoms with van der Waals surface area (Å²) in [5, 5.41) is 11.2. The van der Waals surface area contributed by atoms with Gasteiger partial charge in [-0.1, -0.05) is 13.8 Å². The molecule has 0 unspecified atom stereocenters. The van der Waals surface area contributed by atoms with Crippen LogP contribution in [0.4, 0.5) is 0 Å². The number of hydrogen-bond donors (Lipinski definition) is 1. The van der Waals surface area contributed by atoms with Crippen molar-refractivity contribution in [2.75, 3.05) is 26.7 Å². The first-order chi connectivity index (χ1) is 18.9. The summed E-state index contributed by atoms with van der Waals surface area (Å²) in [6.07, 6.45) is 13.1. The summed E-state index contributed by atoms with van der Waals surface area (Å²) in [5.74, 6) is 3.34. The average Bonchev–Trinajstić information content (AvgIpc) is 3.45. The Morgan fingerprint density at radius 2 is 2.15 bits per heavy atom. The lowest BCUT2D eigenvalue weighted by molar-refractivity contribution is -0.138. The summed E-state index contributed by atoms with van der Waals surface area (Å²) < 4.78 is 17.9. The number of piperidine rings is 1. The topological polar surface area (TPSA) is 75.4 Å². The van der Waals surface area contributed by atoms with Crippen molar-refractivity contribution in [3.05, 3.63) is 47.4 Å². The number of aromatic hydroxyl groups is 1. The zero-order valence-corrected chi connectivity index (χ0v) is 23.3. The molecule has 0 radical (unpaired) electrons. The van der Waals surface area contributed by atoms with Crippen molar-refractivity contribution in [1.29, 1.82) is 0 Å². The smallest absolute Gasteiger partial charge is 0.246 e. The van der Waals surface area contributed by atoms with Crippen molar-refractivity contribution >= 4 is 12.0 Å². The molecule has 1 aromatic carbocycles. The van der Waals surface area contributed by atoms with Crippen LogP contribution in [0, 0.1) is 17.8 Å². The molecule has 39 heavy (non-hydrogen) atoms. The maximum absolute atomic E-state index is 13.8. The van der Waals surface area contributed by atoms with E-state index in [2.05, 4.69) is 23.6 Å². The van der Waals surface area contributed by atoms with Crippen molar-refractivity contribution in [1.82, 2.24) is 9.80 Å². The maximum Gasteiger partial charge on any atom is 0.246 e. The van der Waals surface area contributed by atoms with Gasteiger partial charge in [-0.3, -0.25) is 9.69 Å². The molecule has 1 amide bonds. The van der Waals surface area contributed by atoms with Crippen molar-refractivity contribution < 1.29 is 23.8 Å². The van der Waals surface area contributed by atoms with Gasteiger partial charge in [0.05, 0.1) is 25.7 Å². The van der Waals surface area contributed by atoms with E-state index >= 15 is 0 Å². The standard InChI is InChI=1S/C32H40N2O5/c1-19(2)16-34(28(36)9-6-21-10-13-38-18-21)24-8-7-23-25-14-22-26(35)15-27(37-3)30-29(22)32(23,31(24)39-30)11-12-33(25)17-20-4-5-20/h6,9-10,13,15,18-20,23-25,31,35H,4-5,7-8,11-12,14,16-17H2,1-3H3/t23-,24+,25+,31+,32-/m0/s1. The Morgan fingerprint density at radius 3 is 2.87 bits per heavy atom. The molecule has 2 aromatic rings. The van der Waals surface area contributed by atoms with Crippen LogP contribution in [0.1, 0.15) is 62.6 Å². The molecule has 2 aliphatic heterocycles. The second kappa shape index (κ2) is 9.33. The highest BCUT2D eigenvalue weighted by molar-refractivity contribution is 5.92. The van der Waals surface area contributed by atoms with E-state index in [-0.39, 0.29) is 23.5 Å². The third-order valence-electron chi connectivity index (χ3n) is 10.1. The van der Waals surface area contributed by atoms with Gasteiger partial charge in [-0.05, 0) is 75.0 Å². The van der Waals surface area contributed by atoms with Crippen LogP contribution >= 0.6 is 0 Å². The summed E-state index contributed by atoms with van der Waals surface area (Å²) in [6.45, 7) is 7.21. The number of likely N-dealkylation sites (tertiary alicyclic amines) is 1. The zero-order valence-electron chi connectivity index (χ0n) is 23.3. The van der Waals surface area contributed by atoms with Gasteiger partial charge < -0.3 is 23.9 Å². The number of carbonyl (C=O) groups excluding carboxylic acids is 1. The number of hydrogen-bond acceptors (Lipinski definition) is 6. The Kier molecular flexibility index (Phi) is 5.99. The fourth-order valence-electron chi connectivity index (χ4n) is 8.40. The van der Waals surface area contributed by atoms with Gasteiger partial charge in [0, 0.05) is 53.4 Å². The van der Waals surface area contributed by atoms with Crippen LogP contribution in [0.15, 0.2) is 35.2 Å². The number of methoxy groups -OCH3 is 1. The predicted molar refractivity (Wildman–Crippen MR) is 148 cm³/mol. The summed E-state index contributed by atoms with van der Waals surface area (Å²) in [5.41, 5.74) is 2.87. The van der Waals surface area contributed by atoms with Gasteiger partial charge in [-0.2, -0.15) is 0 Å². The van der Waals surface area contributed by atoms with Crippen LogP contribution in [-0.4, -0.2) is 65.7 Å². The molecule has 5 aliphatic rings. The molecule has 1 spiro atoms. The average molecular weight is 533 g/mol. The van der Waals surface area contributed by atoms with Gasteiger partial charge in [-0.25, -0.2) is 0 Å². The van der Waals surface area contributed by atoms with Crippen LogP contribution in [0.5, 0.6) is 17.2 Å². The van der Waals surface area contributed by atoms with Crippen molar-refractivity contribution in [3.8, 4) is 17.2 Å². The first-order valence-electron chi connectivity index (χ1n) is 14.8. The number of nitrogens with zero attached hydrogens (tertiary/aromatic N) is 2. The van der Waals surface area contributed by atoms with E-state index in [1.165, 1.54) is 24.9 Å². The first-order valence-corrected chi connectivity index (χ1v) is 14.8. The van der Waals surface area contributed by atoms with Gasteiger partial charge in [0.15, 0.2) is 11.5 Å². The minimum Gasteiger partial charge on any atom is -0.508 e. The summed E-state index contributed by atoms with van der Waals surface area (Å²) >= 11 is 0. The van der Waals surface area contributed by atoms with Crippen LogP contribution in [0.2, 0.25) is 0 Å². The number of phenolic OH excluding ortho intramolecular Hbond substituents is 1. The summed E-state index contributed by atoms with van der Waals surface area (Å²) in [6, 6.07) is 3.95. The minimum atomic E-state index is -0.216. The van der Waals surface area contributed by atoms with E-state index in [1.54, 1.807) is 31.8 Å². The third kappa shape index (κ3) is 3.91. The molecule has 7 nitrogen and oxygen atoms in total. The molecule has 208 valence electrons. The highest BCUT2D eigenvalue weighted by atomic mass is 16.5. The fourth-order valence-corrected chi connectivity index (χ4v) is 8.40. The molecule has 5 atom stereocenters. The molecular weight excluding hydrogens is 492 g/mol. The number of rotatable bonds is 8. The molecule has 3 fully saturated rings. The number of phenols is 1. The van der Waals surface area contributed by atoms with E-state index in [0.717, 1.165) is 55.0 Å². The molecule has 1 saturated heterocycles. The molecule has 3 aliphatic carbocycles. The molecule has 7 rings (SSSR count). The SMILES string of the molecule is COc1cc(O)c2c3c1O[C@@H]1[C@H](N(CC(C)C)C(=O)C=Cc4ccoc4)CC[C@H]4[C@@H](C2)N(CC2CC2)CC[C@]314. The maximum atomic E-state index is 13.8. The largest absolute Gasteiger partial charge is 0.508 e. The minimum absolute atomic E-state index is 0.0119. The van der Waals surface area contributed by atoms with E-state index in [0.29, 0.717) is 35.9 Å². The monoisotopic (exact) mass is 532 g/mol. The molecule has 1 N–H and O–H groups in total. The van der Waals surface area contributed by atoms with Crippen molar-refractivity contribution in [3.63, 3.8) is 0 Å². The lowest BCUT2D eigenvalue weighted by atomic mass is 9.50. The Labute approximate surface area is 230 Å². The molecule has 7 heteroatoms. The number of amides is 1. The van der Waals surface area contributed by atoms with Crippen LogP contribution in [-0.2, 0) is 16.6 Å². The molecular formula is C32H40N2O5. The van der Waals surface area contributed by atoms with Gasteiger partial charge in [0.2, 0.25) is 5.91 Å². The molecule has 2 saturated carbocycles. The zero-order chi connectivity index (χ0) is 26.9. The molecule has 2 bridgehead atoms. The normalized spacial score (nSPS) is 30.9. The lowest BCUT2D eigenvalue weighted by Gasteiger charge is -2.60. The number of benzene rings is 1. The van der Waals surface area contributed by atoms with E-state index in [9.17, 15) is 9.90 Å². The Hall–Kier alpha value is -2.93. The van der Waals surface area contributed by atoms with E-state index in [4.69, 9.17) is 13.9 Å². The van der Waals surface area contributed by atoms with Gasteiger partial charge >= 0.3 is 0 Å². The summed E-state index contributed by atoms with van der Waals surface area (Å²) in [4.78, 5) is 18.6. The van der Waals surface area contributed by atoms with Crippen molar-refractivity contribution in [2.24, 2.45) is 17.8 Å². The number of carbonyl (C=O) groups is 1. The quantitative estimate of drug-likeness (QED) is 0.482. The lowest BCUT2D eigenvalue weighted by Crippen LogP contribution is -2.69.